The van der Waals surface area contributed by atoms with Crippen molar-refractivity contribution in [3.63, 3.8) is 0 Å². The third-order valence-electron chi connectivity index (χ3n) is 2.68. The van der Waals surface area contributed by atoms with Crippen LogP contribution >= 0.6 is 0 Å². The van der Waals surface area contributed by atoms with Crippen LogP contribution in [-0.2, 0) is 14.4 Å². The molecule has 0 aromatic heterocycles. The van der Waals surface area contributed by atoms with Crippen molar-refractivity contribution < 1.29 is 24.6 Å². The highest BCUT2D eigenvalue weighted by atomic mass is 16.4. The Kier molecular flexibility index (Phi) is 8.00. The topological polar surface area (TPSA) is 91.7 Å². The van der Waals surface area contributed by atoms with Gasteiger partial charge in [-0.2, -0.15) is 0 Å². The number of aliphatic carboxylic acids is 2. The van der Waals surface area contributed by atoms with E-state index in [1.165, 1.54) is 0 Å². The van der Waals surface area contributed by atoms with E-state index in [4.69, 9.17) is 10.2 Å². The van der Waals surface area contributed by atoms with Gasteiger partial charge in [0.15, 0.2) is 0 Å². The fourth-order valence-corrected chi connectivity index (χ4v) is 1.82. The predicted molar refractivity (Wildman–Crippen MR) is 66.3 cm³/mol. The quantitative estimate of drug-likeness (QED) is 0.587. The smallest absolute Gasteiger partial charge is 0.306 e. The van der Waals surface area contributed by atoms with Gasteiger partial charge in [0, 0.05) is 19.3 Å². The van der Waals surface area contributed by atoms with Crippen molar-refractivity contribution in [2.24, 2.45) is 11.8 Å². The Labute approximate surface area is 107 Å². The fraction of sp³-hybridized carbons (Fsp3) is 0.769. The molecular formula is C13H22O5. The van der Waals surface area contributed by atoms with Gasteiger partial charge in [0.25, 0.3) is 0 Å². The van der Waals surface area contributed by atoms with Crippen LogP contribution in [0.15, 0.2) is 0 Å². The van der Waals surface area contributed by atoms with Gasteiger partial charge in [-0.1, -0.05) is 13.8 Å². The van der Waals surface area contributed by atoms with E-state index in [1.54, 1.807) is 0 Å². The van der Waals surface area contributed by atoms with Crippen LogP contribution in [0.4, 0.5) is 0 Å². The van der Waals surface area contributed by atoms with E-state index in [9.17, 15) is 14.4 Å². The molecule has 5 heteroatoms. The van der Waals surface area contributed by atoms with Crippen LogP contribution in [0.25, 0.3) is 0 Å². The lowest BCUT2D eigenvalue weighted by atomic mass is 9.91. The second kappa shape index (κ2) is 8.66. The molecule has 0 radical (unpaired) electrons. The zero-order valence-corrected chi connectivity index (χ0v) is 11.0. The van der Waals surface area contributed by atoms with Gasteiger partial charge in [0.1, 0.15) is 5.78 Å². The maximum atomic E-state index is 11.6. The van der Waals surface area contributed by atoms with Gasteiger partial charge in [-0.05, 0) is 25.2 Å². The van der Waals surface area contributed by atoms with Crippen LogP contribution in [0.2, 0.25) is 0 Å². The van der Waals surface area contributed by atoms with Crippen LogP contribution in [0.3, 0.4) is 0 Å². The number of hydrogen-bond donors (Lipinski definition) is 2. The molecule has 0 rings (SSSR count). The second-order valence-electron chi connectivity index (χ2n) is 5.01. The van der Waals surface area contributed by atoms with Crippen molar-refractivity contribution in [1.29, 1.82) is 0 Å². The molecule has 0 aromatic carbocycles. The Morgan fingerprint density at radius 3 is 2.00 bits per heavy atom. The lowest BCUT2D eigenvalue weighted by molar-refractivity contribution is -0.144. The Balaban J connectivity index is 3.95. The molecule has 0 aromatic rings. The zero-order chi connectivity index (χ0) is 14.1. The van der Waals surface area contributed by atoms with Crippen LogP contribution in [0, 0.1) is 11.8 Å². The Bertz CT molecular complexity index is 296. The highest BCUT2D eigenvalue weighted by Crippen LogP contribution is 2.17. The number of carbonyl (C=O) groups excluding carboxylic acids is 1. The molecule has 1 unspecified atom stereocenters. The predicted octanol–water partition coefficient (Wildman–Crippen LogP) is 2.34. The second-order valence-corrected chi connectivity index (χ2v) is 5.01. The first-order chi connectivity index (χ1) is 8.32. The summed E-state index contributed by atoms with van der Waals surface area (Å²) < 4.78 is 0. The van der Waals surface area contributed by atoms with E-state index >= 15 is 0 Å². The van der Waals surface area contributed by atoms with Gasteiger partial charge in [0.2, 0.25) is 0 Å². The average molecular weight is 258 g/mol. The summed E-state index contributed by atoms with van der Waals surface area (Å²) in [6, 6.07) is 0. The SMILES string of the molecule is CC(C)CC(CC(=O)CCCCC(=O)O)C(=O)O. The van der Waals surface area contributed by atoms with Crippen LogP contribution < -0.4 is 0 Å². The van der Waals surface area contributed by atoms with E-state index in [1.807, 2.05) is 13.8 Å². The molecule has 0 saturated carbocycles. The monoisotopic (exact) mass is 258 g/mol. The van der Waals surface area contributed by atoms with Crippen molar-refractivity contribution in [2.45, 2.75) is 52.4 Å². The van der Waals surface area contributed by atoms with Gasteiger partial charge >= 0.3 is 11.9 Å². The molecule has 18 heavy (non-hydrogen) atoms. The highest BCUT2D eigenvalue weighted by molar-refractivity contribution is 5.83. The summed E-state index contributed by atoms with van der Waals surface area (Å²) in [7, 11) is 0. The summed E-state index contributed by atoms with van der Waals surface area (Å²) in [6.45, 7) is 3.85. The van der Waals surface area contributed by atoms with E-state index in [0.29, 0.717) is 19.3 Å². The third kappa shape index (κ3) is 8.73. The van der Waals surface area contributed by atoms with Crippen LogP contribution in [-0.4, -0.2) is 27.9 Å². The minimum atomic E-state index is -0.928. The average Bonchev–Trinajstić information content (AvgIpc) is 2.22. The maximum absolute atomic E-state index is 11.6. The van der Waals surface area contributed by atoms with Crippen molar-refractivity contribution >= 4 is 17.7 Å². The molecule has 0 amide bonds. The van der Waals surface area contributed by atoms with E-state index in [2.05, 4.69) is 0 Å². The molecule has 2 N–H and O–H groups in total. The van der Waals surface area contributed by atoms with Crippen molar-refractivity contribution in [3.8, 4) is 0 Å². The van der Waals surface area contributed by atoms with Crippen molar-refractivity contribution in [2.75, 3.05) is 0 Å². The summed E-state index contributed by atoms with van der Waals surface area (Å²) >= 11 is 0. The lowest BCUT2D eigenvalue weighted by Crippen LogP contribution is -2.19. The summed E-state index contributed by atoms with van der Waals surface area (Å²) in [5.74, 6) is -2.26. The summed E-state index contributed by atoms with van der Waals surface area (Å²) in [5, 5.41) is 17.4. The molecule has 104 valence electrons. The van der Waals surface area contributed by atoms with Gasteiger partial charge in [-0.3, -0.25) is 14.4 Å². The minimum Gasteiger partial charge on any atom is -0.481 e. The number of Topliss-reactive ketones (excluding diaryl/α,β-unsaturated/α-hetero) is 1. The molecule has 0 spiro atoms. The first-order valence-electron chi connectivity index (χ1n) is 6.29. The molecule has 5 nitrogen and oxygen atoms in total. The maximum Gasteiger partial charge on any atom is 0.306 e. The summed E-state index contributed by atoms with van der Waals surface area (Å²) in [5.41, 5.74) is 0. The highest BCUT2D eigenvalue weighted by Gasteiger charge is 2.21. The first kappa shape index (κ1) is 16.6. The van der Waals surface area contributed by atoms with Gasteiger partial charge < -0.3 is 10.2 Å². The number of carboxylic acids is 2. The number of hydrogen-bond acceptors (Lipinski definition) is 3. The number of unbranched alkanes of at least 4 members (excludes halogenated alkanes) is 1. The third-order valence-corrected chi connectivity index (χ3v) is 2.68. The van der Waals surface area contributed by atoms with Gasteiger partial charge in [-0.15, -0.1) is 0 Å². The molecule has 0 bridgehead atoms. The van der Waals surface area contributed by atoms with Gasteiger partial charge in [0.05, 0.1) is 5.92 Å². The lowest BCUT2D eigenvalue weighted by Gasteiger charge is -2.13. The molecule has 0 heterocycles. The minimum absolute atomic E-state index is 0.0561. The van der Waals surface area contributed by atoms with Gasteiger partial charge in [-0.25, -0.2) is 0 Å². The normalized spacial score (nSPS) is 12.4. The fourth-order valence-electron chi connectivity index (χ4n) is 1.82. The number of ketones is 1. The number of carboxylic acid groups (broad SMARTS) is 2. The molecule has 0 saturated heterocycles. The van der Waals surface area contributed by atoms with Crippen molar-refractivity contribution in [3.05, 3.63) is 0 Å². The number of carbonyl (C=O) groups is 3. The molecular weight excluding hydrogens is 236 g/mol. The van der Waals surface area contributed by atoms with E-state index < -0.39 is 17.9 Å². The van der Waals surface area contributed by atoms with Crippen LogP contribution in [0.5, 0.6) is 0 Å². The number of rotatable bonds is 10. The molecule has 1 atom stereocenters. The Morgan fingerprint density at radius 2 is 1.56 bits per heavy atom. The largest absolute Gasteiger partial charge is 0.481 e. The van der Waals surface area contributed by atoms with E-state index in [0.717, 1.165) is 0 Å². The standard InChI is InChI=1S/C13H22O5/c1-9(2)7-10(13(17)18)8-11(14)5-3-4-6-12(15)16/h9-10H,3-8H2,1-2H3,(H,15,16)(H,17,18). The zero-order valence-electron chi connectivity index (χ0n) is 11.0. The first-order valence-corrected chi connectivity index (χ1v) is 6.29. The Morgan fingerprint density at radius 1 is 1.00 bits per heavy atom. The van der Waals surface area contributed by atoms with E-state index in [-0.39, 0.29) is 31.0 Å². The summed E-state index contributed by atoms with van der Waals surface area (Å²) in [4.78, 5) is 32.8. The van der Waals surface area contributed by atoms with Crippen LogP contribution in [0.1, 0.15) is 52.4 Å². The van der Waals surface area contributed by atoms with Crippen molar-refractivity contribution in [1.82, 2.24) is 0 Å². The molecule has 0 aliphatic heterocycles. The molecule has 0 fully saturated rings. The molecule has 0 aliphatic carbocycles. The molecule has 0 aliphatic rings. The summed E-state index contributed by atoms with van der Waals surface area (Å²) in [6.07, 6.45) is 1.86. The Hall–Kier alpha value is -1.39.